The Kier molecular flexibility index (Phi) is 6.37. The maximum absolute atomic E-state index is 13.7. The standard InChI is InChI=1S/C26H27FN4O3S/c1-4-21(32)29-9-11-30(12-10-29)25-20-13-16(2)22(17-5-7-18(27)8-6-17)24-23(20)31(26(33)28-25)14-19(34-3)15-35-24/h4-8,13,19H,1,9-12,14-15H2,2-3H3/t19-/m1/s1. The normalized spacial score (nSPS) is 18.0. The van der Waals surface area contributed by atoms with Crippen LogP contribution >= 0.6 is 11.8 Å². The Bertz CT molecular complexity index is 1360. The average molecular weight is 495 g/mol. The van der Waals surface area contributed by atoms with E-state index in [1.807, 2.05) is 6.92 Å². The molecular weight excluding hydrogens is 467 g/mol. The molecule has 7 nitrogen and oxygen atoms in total. The zero-order chi connectivity index (χ0) is 24.7. The van der Waals surface area contributed by atoms with Crippen LogP contribution in [-0.2, 0) is 16.1 Å². The maximum Gasteiger partial charge on any atom is 0.350 e. The van der Waals surface area contributed by atoms with E-state index in [4.69, 9.17) is 4.74 Å². The van der Waals surface area contributed by atoms with Gasteiger partial charge in [-0.1, -0.05) is 18.7 Å². The Hall–Kier alpha value is -3.17. The summed E-state index contributed by atoms with van der Waals surface area (Å²) in [4.78, 5) is 34.7. The second-order valence-corrected chi connectivity index (χ2v) is 9.84. The summed E-state index contributed by atoms with van der Waals surface area (Å²) in [6.45, 7) is 8.25. The number of thioether (sulfide) groups is 1. The van der Waals surface area contributed by atoms with Crippen molar-refractivity contribution in [1.82, 2.24) is 14.5 Å². The molecule has 1 aromatic heterocycles. The van der Waals surface area contributed by atoms with E-state index in [0.717, 1.165) is 32.5 Å². The van der Waals surface area contributed by atoms with Crippen LogP contribution in [0.3, 0.4) is 0 Å². The van der Waals surface area contributed by atoms with Crippen molar-refractivity contribution < 1.29 is 13.9 Å². The summed E-state index contributed by atoms with van der Waals surface area (Å²) in [5.41, 5.74) is 3.43. The van der Waals surface area contributed by atoms with Gasteiger partial charge in [0.15, 0.2) is 0 Å². The number of benzene rings is 2. The van der Waals surface area contributed by atoms with Gasteiger partial charge in [-0.15, -0.1) is 11.8 Å². The van der Waals surface area contributed by atoms with Crippen molar-refractivity contribution in [3.8, 4) is 11.1 Å². The average Bonchev–Trinajstić information content (AvgIpc) is 3.07. The lowest BCUT2D eigenvalue weighted by atomic mass is 9.97. The van der Waals surface area contributed by atoms with E-state index in [9.17, 15) is 14.0 Å². The number of methoxy groups -OCH3 is 1. The number of anilines is 1. The minimum atomic E-state index is -0.322. The number of ether oxygens (including phenoxy) is 1. The van der Waals surface area contributed by atoms with E-state index in [-0.39, 0.29) is 23.5 Å². The third-order valence-corrected chi connectivity index (χ3v) is 7.95. The van der Waals surface area contributed by atoms with Crippen LogP contribution in [0.5, 0.6) is 0 Å². The molecule has 5 rings (SSSR count). The molecule has 35 heavy (non-hydrogen) atoms. The van der Waals surface area contributed by atoms with Gasteiger partial charge in [-0.25, -0.2) is 9.18 Å². The molecule has 0 radical (unpaired) electrons. The first-order chi connectivity index (χ1) is 16.9. The third-order valence-electron chi connectivity index (χ3n) is 6.73. The summed E-state index contributed by atoms with van der Waals surface area (Å²) in [6, 6.07) is 8.55. The van der Waals surface area contributed by atoms with E-state index in [2.05, 4.69) is 22.5 Å². The van der Waals surface area contributed by atoms with Gasteiger partial charge >= 0.3 is 5.69 Å². The zero-order valence-corrected chi connectivity index (χ0v) is 20.6. The van der Waals surface area contributed by atoms with Crippen molar-refractivity contribution in [1.29, 1.82) is 0 Å². The monoisotopic (exact) mass is 494 g/mol. The van der Waals surface area contributed by atoms with Crippen molar-refractivity contribution in [3.63, 3.8) is 0 Å². The molecule has 0 spiro atoms. The van der Waals surface area contributed by atoms with Gasteiger partial charge in [0.2, 0.25) is 5.91 Å². The van der Waals surface area contributed by atoms with Gasteiger partial charge in [0.1, 0.15) is 11.6 Å². The Balaban J connectivity index is 1.70. The lowest BCUT2D eigenvalue weighted by Crippen LogP contribution is -2.49. The summed E-state index contributed by atoms with van der Waals surface area (Å²) in [5.74, 6) is 0.941. The van der Waals surface area contributed by atoms with Gasteiger partial charge in [-0.05, 0) is 42.3 Å². The van der Waals surface area contributed by atoms with E-state index in [1.165, 1.54) is 18.2 Å². The second-order valence-electron chi connectivity index (χ2n) is 8.81. The Morgan fingerprint density at radius 3 is 2.60 bits per heavy atom. The topological polar surface area (TPSA) is 67.7 Å². The number of aryl methyl sites for hydroxylation is 1. The second kappa shape index (κ2) is 9.47. The number of halogens is 1. The van der Waals surface area contributed by atoms with Gasteiger partial charge in [-0.3, -0.25) is 9.36 Å². The lowest BCUT2D eigenvalue weighted by Gasteiger charge is -2.35. The fraction of sp³-hybridized carbons (Fsp3) is 0.346. The molecule has 2 aliphatic heterocycles. The van der Waals surface area contributed by atoms with Gasteiger partial charge in [-0.2, -0.15) is 4.98 Å². The summed E-state index contributed by atoms with van der Waals surface area (Å²) in [5, 5.41) is 0.899. The summed E-state index contributed by atoms with van der Waals surface area (Å²) in [6.07, 6.45) is 1.19. The van der Waals surface area contributed by atoms with Crippen molar-refractivity contribution in [2.75, 3.05) is 43.9 Å². The number of nitrogens with zero attached hydrogens (tertiary/aromatic N) is 4. The number of aromatic nitrogens is 2. The summed E-state index contributed by atoms with van der Waals surface area (Å²) in [7, 11) is 1.65. The predicted molar refractivity (Wildman–Crippen MR) is 137 cm³/mol. The largest absolute Gasteiger partial charge is 0.379 e. The number of hydrogen-bond donors (Lipinski definition) is 0. The molecule has 1 saturated heterocycles. The highest BCUT2D eigenvalue weighted by Gasteiger charge is 2.29. The molecule has 182 valence electrons. The fourth-order valence-corrected chi connectivity index (χ4v) is 6.27. The smallest absolute Gasteiger partial charge is 0.350 e. The van der Waals surface area contributed by atoms with Gasteiger partial charge in [0.05, 0.1) is 18.2 Å². The molecule has 1 atom stereocenters. The van der Waals surface area contributed by atoms with Crippen molar-refractivity contribution in [2.24, 2.45) is 0 Å². The molecule has 0 unspecified atom stereocenters. The van der Waals surface area contributed by atoms with Crippen molar-refractivity contribution in [3.05, 3.63) is 64.9 Å². The van der Waals surface area contributed by atoms with Crippen LogP contribution in [0.2, 0.25) is 0 Å². The van der Waals surface area contributed by atoms with E-state index < -0.39 is 0 Å². The molecule has 0 N–H and O–H groups in total. The number of carbonyl (C=O) groups excluding carboxylic acids is 1. The van der Waals surface area contributed by atoms with Gasteiger partial charge < -0.3 is 14.5 Å². The Labute approximate surface area is 207 Å². The molecule has 2 aliphatic rings. The Morgan fingerprint density at radius 2 is 1.94 bits per heavy atom. The van der Waals surface area contributed by atoms with Crippen LogP contribution < -0.4 is 10.6 Å². The number of carbonyl (C=O) groups is 1. The van der Waals surface area contributed by atoms with Crippen LogP contribution in [0.1, 0.15) is 5.56 Å². The van der Waals surface area contributed by atoms with Crippen LogP contribution in [0.4, 0.5) is 10.2 Å². The first-order valence-electron chi connectivity index (χ1n) is 11.6. The molecule has 0 bridgehead atoms. The number of rotatable bonds is 4. The zero-order valence-electron chi connectivity index (χ0n) is 19.8. The lowest BCUT2D eigenvalue weighted by molar-refractivity contribution is -0.126. The molecule has 1 amide bonds. The predicted octanol–water partition coefficient (Wildman–Crippen LogP) is 3.47. The molecule has 0 aliphatic carbocycles. The molecule has 3 aromatic rings. The molecule has 9 heteroatoms. The SMILES string of the molecule is C=CC(=O)N1CCN(c2nc(=O)n3c4c(c(-c5ccc(F)cc5)c(C)cc24)SC[C@H](OC)C3)CC1. The number of hydrogen-bond acceptors (Lipinski definition) is 6. The first-order valence-corrected chi connectivity index (χ1v) is 12.6. The molecule has 3 heterocycles. The van der Waals surface area contributed by atoms with Crippen molar-refractivity contribution in [2.45, 2.75) is 24.5 Å². The molecule has 1 fully saturated rings. The summed E-state index contributed by atoms with van der Waals surface area (Å²) < 4.78 is 21.0. The van der Waals surface area contributed by atoms with Crippen LogP contribution in [0.15, 0.2) is 52.7 Å². The molecular formula is C26H27FN4O3S. The third kappa shape index (κ3) is 4.23. The van der Waals surface area contributed by atoms with Gasteiger partial charge in [0.25, 0.3) is 0 Å². The van der Waals surface area contributed by atoms with E-state index in [1.54, 1.807) is 40.5 Å². The fourth-order valence-electron chi connectivity index (χ4n) is 4.89. The van der Waals surface area contributed by atoms with Gasteiger partial charge in [0, 0.05) is 54.9 Å². The molecule has 0 saturated carbocycles. The Morgan fingerprint density at radius 1 is 1.23 bits per heavy atom. The minimum absolute atomic E-state index is 0.0900. The highest BCUT2D eigenvalue weighted by Crippen LogP contribution is 2.43. The van der Waals surface area contributed by atoms with Crippen molar-refractivity contribution >= 4 is 34.4 Å². The van der Waals surface area contributed by atoms with Crippen LogP contribution in [0, 0.1) is 12.7 Å². The highest BCUT2D eigenvalue weighted by molar-refractivity contribution is 7.99. The molecule has 2 aromatic carbocycles. The van der Waals surface area contributed by atoms with Crippen LogP contribution in [0.25, 0.3) is 22.0 Å². The van der Waals surface area contributed by atoms with E-state index in [0.29, 0.717) is 44.3 Å². The first kappa shape index (κ1) is 23.6. The minimum Gasteiger partial charge on any atom is -0.379 e. The number of amides is 1. The van der Waals surface area contributed by atoms with E-state index >= 15 is 0 Å². The number of piperazine rings is 1. The summed E-state index contributed by atoms with van der Waals surface area (Å²) >= 11 is 1.66. The highest BCUT2D eigenvalue weighted by atomic mass is 32.2. The van der Waals surface area contributed by atoms with Crippen LogP contribution in [-0.4, -0.2) is 65.5 Å². The maximum atomic E-state index is 13.7. The quantitative estimate of drug-likeness (QED) is 0.518.